The van der Waals surface area contributed by atoms with Crippen molar-refractivity contribution in [2.75, 3.05) is 19.6 Å². The monoisotopic (exact) mass is 314 g/mol. The maximum atomic E-state index is 12.0. The molecule has 0 aliphatic carbocycles. The molecular formula is C15H20F2N2O3. The highest BCUT2D eigenvalue weighted by Gasteiger charge is 2.19. The first-order chi connectivity index (χ1) is 10.5. The van der Waals surface area contributed by atoms with Gasteiger partial charge in [-0.1, -0.05) is 12.1 Å². The first kappa shape index (κ1) is 16.6. The molecule has 2 N–H and O–H groups in total. The van der Waals surface area contributed by atoms with Crippen LogP contribution in [0, 0.1) is 0 Å². The summed E-state index contributed by atoms with van der Waals surface area (Å²) in [5, 5.41) is 12.3. The average Bonchev–Trinajstić information content (AvgIpc) is 2.46. The first-order valence-electron chi connectivity index (χ1n) is 7.24. The van der Waals surface area contributed by atoms with Crippen LogP contribution in [0.15, 0.2) is 24.3 Å². The van der Waals surface area contributed by atoms with Crippen LogP contribution in [-0.2, 0) is 11.3 Å². The molecule has 1 aromatic carbocycles. The number of amides is 1. The molecule has 0 spiro atoms. The molecule has 122 valence electrons. The summed E-state index contributed by atoms with van der Waals surface area (Å²) >= 11 is 0. The third-order valence-electron chi connectivity index (χ3n) is 3.49. The van der Waals surface area contributed by atoms with Crippen molar-refractivity contribution < 1.29 is 23.4 Å². The van der Waals surface area contributed by atoms with E-state index in [1.807, 2.05) is 4.90 Å². The number of alkyl halides is 2. The molecule has 1 heterocycles. The lowest BCUT2D eigenvalue weighted by molar-refractivity contribution is -0.123. The quantitative estimate of drug-likeness (QED) is 0.832. The Morgan fingerprint density at radius 1 is 1.41 bits per heavy atom. The maximum absolute atomic E-state index is 12.0. The third kappa shape index (κ3) is 5.57. The summed E-state index contributed by atoms with van der Waals surface area (Å²) in [6.45, 7) is -0.934. The highest BCUT2D eigenvalue weighted by atomic mass is 19.3. The second-order valence-corrected chi connectivity index (χ2v) is 5.33. The van der Waals surface area contributed by atoms with Crippen molar-refractivity contribution in [3.63, 3.8) is 0 Å². The topological polar surface area (TPSA) is 61.8 Å². The molecule has 0 saturated carbocycles. The van der Waals surface area contributed by atoms with Crippen LogP contribution in [0.5, 0.6) is 5.75 Å². The van der Waals surface area contributed by atoms with E-state index in [1.54, 1.807) is 12.1 Å². The molecule has 1 amide bonds. The Balaban J connectivity index is 1.73. The van der Waals surface area contributed by atoms with Crippen LogP contribution in [0.2, 0.25) is 0 Å². The molecule has 7 heteroatoms. The number of carbonyl (C=O) groups is 1. The third-order valence-corrected chi connectivity index (χ3v) is 3.49. The minimum atomic E-state index is -2.84. The summed E-state index contributed by atoms with van der Waals surface area (Å²) in [7, 11) is 0. The number of rotatable bonds is 6. The fourth-order valence-corrected chi connectivity index (χ4v) is 2.42. The van der Waals surface area contributed by atoms with E-state index in [-0.39, 0.29) is 24.3 Å². The number of hydrogen-bond donors (Lipinski definition) is 2. The molecule has 22 heavy (non-hydrogen) atoms. The molecule has 1 unspecified atom stereocenters. The van der Waals surface area contributed by atoms with Gasteiger partial charge in [0, 0.05) is 13.1 Å². The lowest BCUT2D eigenvalue weighted by Crippen LogP contribution is -2.44. The molecule has 1 aromatic rings. The highest BCUT2D eigenvalue weighted by Crippen LogP contribution is 2.14. The van der Waals surface area contributed by atoms with Crippen molar-refractivity contribution in [2.24, 2.45) is 0 Å². The number of hydrogen-bond acceptors (Lipinski definition) is 4. The van der Waals surface area contributed by atoms with E-state index >= 15 is 0 Å². The average molecular weight is 314 g/mol. The molecule has 1 atom stereocenters. The Morgan fingerprint density at radius 2 is 2.14 bits per heavy atom. The summed E-state index contributed by atoms with van der Waals surface area (Å²) in [4.78, 5) is 13.8. The molecule has 1 aliphatic heterocycles. The second kappa shape index (κ2) is 8.05. The van der Waals surface area contributed by atoms with E-state index in [9.17, 15) is 18.7 Å². The molecule has 0 aromatic heterocycles. The van der Waals surface area contributed by atoms with Gasteiger partial charge >= 0.3 is 6.61 Å². The van der Waals surface area contributed by atoms with Crippen LogP contribution in [0.4, 0.5) is 8.78 Å². The maximum Gasteiger partial charge on any atom is 0.387 e. The number of carbonyl (C=O) groups excluding carboxylic acids is 1. The molecule has 2 rings (SSSR count). The van der Waals surface area contributed by atoms with Crippen LogP contribution in [0.3, 0.4) is 0 Å². The van der Waals surface area contributed by atoms with Gasteiger partial charge in [-0.25, -0.2) is 0 Å². The summed E-state index contributed by atoms with van der Waals surface area (Å²) in [6.07, 6.45) is 1.31. The number of benzene rings is 1. The Bertz CT molecular complexity index is 482. The van der Waals surface area contributed by atoms with Gasteiger partial charge in [-0.2, -0.15) is 8.78 Å². The largest absolute Gasteiger partial charge is 0.435 e. The number of ether oxygens (including phenoxy) is 1. The fourth-order valence-electron chi connectivity index (χ4n) is 2.42. The van der Waals surface area contributed by atoms with E-state index in [2.05, 4.69) is 10.1 Å². The Hall–Kier alpha value is -1.73. The van der Waals surface area contributed by atoms with Crippen LogP contribution >= 0.6 is 0 Å². The fraction of sp³-hybridized carbons (Fsp3) is 0.533. The second-order valence-electron chi connectivity index (χ2n) is 5.33. The standard InChI is InChI=1S/C15H20F2N2O3/c16-15(17)22-13-5-3-11(4-6-13)8-18-14(21)10-19-7-1-2-12(20)9-19/h3-6,12,15,20H,1-2,7-10H2,(H,18,21). The number of aliphatic hydroxyl groups is 1. The first-order valence-corrected chi connectivity index (χ1v) is 7.24. The minimum absolute atomic E-state index is 0.0902. The summed E-state index contributed by atoms with van der Waals surface area (Å²) in [5.74, 6) is -0.0330. The van der Waals surface area contributed by atoms with Crippen molar-refractivity contribution in [1.82, 2.24) is 10.2 Å². The molecule has 1 aliphatic rings. The van der Waals surface area contributed by atoms with Gasteiger partial charge in [0.25, 0.3) is 0 Å². The van der Waals surface area contributed by atoms with Crippen LogP contribution in [-0.4, -0.2) is 48.3 Å². The summed E-state index contributed by atoms with van der Waals surface area (Å²) in [6, 6.07) is 6.13. The molecule has 1 fully saturated rings. The predicted octanol–water partition coefficient (Wildman–Crippen LogP) is 1.36. The van der Waals surface area contributed by atoms with Gasteiger partial charge in [0.05, 0.1) is 12.6 Å². The smallest absolute Gasteiger partial charge is 0.387 e. The van der Waals surface area contributed by atoms with E-state index in [0.29, 0.717) is 13.1 Å². The number of nitrogens with zero attached hydrogens (tertiary/aromatic N) is 1. The zero-order chi connectivity index (χ0) is 15.9. The predicted molar refractivity (Wildman–Crippen MR) is 76.6 cm³/mol. The Labute approximate surface area is 127 Å². The normalized spacial score (nSPS) is 19.2. The zero-order valence-corrected chi connectivity index (χ0v) is 12.2. The lowest BCUT2D eigenvalue weighted by Gasteiger charge is -2.29. The summed E-state index contributed by atoms with van der Waals surface area (Å²) in [5.41, 5.74) is 0.800. The molecule has 0 bridgehead atoms. The Morgan fingerprint density at radius 3 is 2.77 bits per heavy atom. The molecule has 1 saturated heterocycles. The number of piperidine rings is 1. The van der Waals surface area contributed by atoms with Gasteiger partial charge in [0.15, 0.2) is 0 Å². The zero-order valence-electron chi connectivity index (χ0n) is 12.2. The Kier molecular flexibility index (Phi) is 6.09. The molecule has 5 nitrogen and oxygen atoms in total. The van der Waals surface area contributed by atoms with Crippen molar-refractivity contribution in [3.8, 4) is 5.75 Å². The minimum Gasteiger partial charge on any atom is -0.435 e. The number of β-amino-alcohol motifs (C(OH)–C–C–N with tert-alkyl or cyclic N) is 1. The van der Waals surface area contributed by atoms with E-state index in [1.165, 1.54) is 12.1 Å². The van der Waals surface area contributed by atoms with E-state index < -0.39 is 6.61 Å². The van der Waals surface area contributed by atoms with Gasteiger partial charge in [-0.3, -0.25) is 9.69 Å². The number of likely N-dealkylation sites (tertiary alicyclic amines) is 1. The lowest BCUT2D eigenvalue weighted by atomic mass is 10.1. The number of nitrogens with one attached hydrogen (secondary N) is 1. The van der Waals surface area contributed by atoms with Gasteiger partial charge in [0.2, 0.25) is 5.91 Å². The summed E-state index contributed by atoms with van der Waals surface area (Å²) < 4.78 is 28.3. The van der Waals surface area contributed by atoms with Gasteiger partial charge in [0.1, 0.15) is 5.75 Å². The van der Waals surface area contributed by atoms with Gasteiger partial charge < -0.3 is 15.2 Å². The molecule has 0 radical (unpaired) electrons. The van der Waals surface area contributed by atoms with Crippen LogP contribution in [0.1, 0.15) is 18.4 Å². The van der Waals surface area contributed by atoms with E-state index in [0.717, 1.165) is 24.9 Å². The SMILES string of the molecule is O=C(CN1CCCC(O)C1)NCc1ccc(OC(F)F)cc1. The van der Waals surface area contributed by atoms with Crippen molar-refractivity contribution in [2.45, 2.75) is 32.1 Å². The number of halogens is 2. The van der Waals surface area contributed by atoms with Gasteiger partial charge in [-0.05, 0) is 37.1 Å². The number of aliphatic hydroxyl groups excluding tert-OH is 1. The van der Waals surface area contributed by atoms with Crippen LogP contribution in [0.25, 0.3) is 0 Å². The van der Waals surface area contributed by atoms with Crippen molar-refractivity contribution >= 4 is 5.91 Å². The highest BCUT2D eigenvalue weighted by molar-refractivity contribution is 5.78. The van der Waals surface area contributed by atoms with Gasteiger partial charge in [-0.15, -0.1) is 0 Å². The van der Waals surface area contributed by atoms with Crippen LogP contribution < -0.4 is 10.1 Å². The van der Waals surface area contributed by atoms with Crippen molar-refractivity contribution in [3.05, 3.63) is 29.8 Å². The van der Waals surface area contributed by atoms with E-state index in [4.69, 9.17) is 0 Å². The molecular weight excluding hydrogens is 294 g/mol. The van der Waals surface area contributed by atoms with Crippen molar-refractivity contribution in [1.29, 1.82) is 0 Å².